The molecule has 9 heteroatoms. The van der Waals surface area contributed by atoms with E-state index >= 15 is 0 Å². The van der Waals surface area contributed by atoms with Gasteiger partial charge in [0.05, 0.1) is 17.1 Å². The lowest BCUT2D eigenvalue weighted by molar-refractivity contribution is 0.101. The number of ether oxygens (including phenoxy) is 2. The number of para-hydroxylation sites is 1. The number of carbonyl (C=O) groups is 1. The second-order valence-electron chi connectivity index (χ2n) is 8.13. The molecule has 0 spiro atoms. The van der Waals surface area contributed by atoms with Crippen LogP contribution in [-0.4, -0.2) is 27.7 Å². The molecule has 0 saturated heterocycles. The van der Waals surface area contributed by atoms with Gasteiger partial charge in [-0.05, 0) is 78.3 Å². The Morgan fingerprint density at radius 1 is 1.08 bits per heavy atom. The number of benzene rings is 3. The zero-order chi connectivity index (χ0) is 25.2. The van der Waals surface area contributed by atoms with E-state index in [0.29, 0.717) is 17.2 Å². The molecule has 2 heterocycles. The summed E-state index contributed by atoms with van der Waals surface area (Å²) in [5, 5.41) is 11.9. The first kappa shape index (κ1) is 23.6. The lowest BCUT2D eigenvalue weighted by Gasteiger charge is -2.11. The van der Waals surface area contributed by atoms with Gasteiger partial charge in [-0.1, -0.05) is 23.3 Å². The molecule has 3 aromatic carbocycles. The maximum atomic E-state index is 12.6. The smallest absolute Gasteiger partial charge is 0.320 e. The van der Waals surface area contributed by atoms with Crippen molar-refractivity contribution in [3.63, 3.8) is 0 Å². The first-order valence-electron chi connectivity index (χ1n) is 11.2. The van der Waals surface area contributed by atoms with Gasteiger partial charge < -0.3 is 23.8 Å². The fourth-order valence-corrected chi connectivity index (χ4v) is 4.63. The molecule has 8 nitrogen and oxygen atoms in total. The summed E-state index contributed by atoms with van der Waals surface area (Å²) in [6.07, 6.45) is 0. The molecule has 5 aromatic rings. The molecule has 2 aromatic heterocycles. The summed E-state index contributed by atoms with van der Waals surface area (Å²) in [5.41, 5.74) is 4.14. The molecule has 0 fully saturated rings. The number of halogens is 1. The molecule has 0 saturated carbocycles. The number of methoxy groups -OCH3 is 1. The van der Waals surface area contributed by atoms with E-state index in [-0.39, 0.29) is 18.4 Å². The number of carbonyl (C=O) groups excluding carboxylic acids is 1. The van der Waals surface area contributed by atoms with Crippen LogP contribution in [0.3, 0.4) is 0 Å². The second kappa shape index (κ2) is 9.87. The van der Waals surface area contributed by atoms with Gasteiger partial charge in [0.1, 0.15) is 11.5 Å². The monoisotopic (exact) mass is 546 g/mol. The molecule has 0 bridgehead atoms. The third-order valence-electron chi connectivity index (χ3n) is 5.78. The van der Waals surface area contributed by atoms with Crippen molar-refractivity contribution < 1.29 is 18.7 Å². The maximum Gasteiger partial charge on any atom is 0.320 e. The van der Waals surface area contributed by atoms with E-state index in [2.05, 4.69) is 36.0 Å². The van der Waals surface area contributed by atoms with Gasteiger partial charge in [0.15, 0.2) is 12.4 Å². The number of hydrogen-bond acceptors (Lipinski definition) is 7. The van der Waals surface area contributed by atoms with Crippen LogP contribution in [0.25, 0.3) is 16.6 Å². The Kier molecular flexibility index (Phi) is 6.47. The number of ketones is 1. The largest absolute Gasteiger partial charge is 0.497 e. The van der Waals surface area contributed by atoms with Crippen LogP contribution in [0.1, 0.15) is 28.9 Å². The van der Waals surface area contributed by atoms with Crippen LogP contribution in [0, 0.1) is 6.92 Å². The molecule has 0 unspecified atom stereocenters. The highest BCUT2D eigenvalue weighted by Gasteiger charge is 2.21. The minimum atomic E-state index is -0.0217. The molecule has 0 amide bonds. The minimum Gasteiger partial charge on any atom is -0.497 e. The van der Waals surface area contributed by atoms with Crippen molar-refractivity contribution in [1.29, 1.82) is 0 Å². The number of nitrogens with one attached hydrogen (secondary N) is 1. The van der Waals surface area contributed by atoms with Crippen LogP contribution >= 0.6 is 15.9 Å². The predicted octanol–water partition coefficient (Wildman–Crippen LogP) is 6.62. The van der Waals surface area contributed by atoms with Gasteiger partial charge in [-0.2, -0.15) is 0 Å². The van der Waals surface area contributed by atoms with E-state index in [0.717, 1.165) is 38.2 Å². The molecular weight excluding hydrogens is 524 g/mol. The Bertz CT molecular complexity index is 1540. The third kappa shape index (κ3) is 4.57. The summed E-state index contributed by atoms with van der Waals surface area (Å²) in [6, 6.07) is 21.4. The second-order valence-corrected chi connectivity index (χ2v) is 8.98. The zero-order valence-electron chi connectivity index (χ0n) is 19.9. The van der Waals surface area contributed by atoms with E-state index < -0.39 is 0 Å². The average molecular weight is 547 g/mol. The molecular formula is C27H23BrN4O4. The number of fused-ring (bicyclic) bond motifs is 1. The molecule has 1 N–H and O–H groups in total. The quantitative estimate of drug-likeness (QED) is 0.218. The van der Waals surface area contributed by atoms with Crippen LogP contribution in [0.2, 0.25) is 0 Å². The highest BCUT2D eigenvalue weighted by molar-refractivity contribution is 9.10. The number of hydrogen-bond donors (Lipinski definition) is 1. The molecule has 0 radical (unpaired) electrons. The molecule has 182 valence electrons. The van der Waals surface area contributed by atoms with E-state index in [1.807, 2.05) is 73.7 Å². The standard InChI is InChI=1S/C27H23BrN4O4/c1-16-26(17(2)33)21-13-24(22(28)14-23(21)32(16)19-9-11-20(34-3)12-10-19)35-15-25-30-31-27(36-25)29-18-7-5-4-6-8-18/h4-14H,15H2,1-3H3,(H,29,31). The molecule has 36 heavy (non-hydrogen) atoms. The molecule has 5 rings (SSSR count). The zero-order valence-corrected chi connectivity index (χ0v) is 21.5. The highest BCUT2D eigenvalue weighted by Crippen LogP contribution is 2.37. The van der Waals surface area contributed by atoms with Crippen LogP contribution in [0.5, 0.6) is 11.5 Å². The Morgan fingerprint density at radius 2 is 1.83 bits per heavy atom. The molecule has 0 aliphatic carbocycles. The van der Waals surface area contributed by atoms with Crippen LogP contribution in [0.15, 0.2) is 75.6 Å². The fourth-order valence-electron chi connectivity index (χ4n) is 4.18. The summed E-state index contributed by atoms with van der Waals surface area (Å²) in [4.78, 5) is 12.6. The van der Waals surface area contributed by atoms with Crippen molar-refractivity contribution in [1.82, 2.24) is 14.8 Å². The van der Waals surface area contributed by atoms with Gasteiger partial charge in [0.2, 0.25) is 0 Å². The van der Waals surface area contributed by atoms with Crippen molar-refractivity contribution >= 4 is 44.3 Å². The summed E-state index contributed by atoms with van der Waals surface area (Å²) >= 11 is 3.62. The summed E-state index contributed by atoms with van der Waals surface area (Å²) in [5.74, 6) is 1.62. The van der Waals surface area contributed by atoms with Gasteiger partial charge >= 0.3 is 6.01 Å². The van der Waals surface area contributed by atoms with E-state index in [1.54, 1.807) is 14.0 Å². The topological polar surface area (TPSA) is 91.4 Å². The van der Waals surface area contributed by atoms with Gasteiger partial charge in [0.25, 0.3) is 5.89 Å². The first-order valence-corrected chi connectivity index (χ1v) is 12.0. The lowest BCUT2D eigenvalue weighted by atomic mass is 10.1. The Hall–Kier alpha value is -4.11. The van der Waals surface area contributed by atoms with Crippen molar-refractivity contribution in [3.05, 3.63) is 88.4 Å². The summed E-state index contributed by atoms with van der Waals surface area (Å²) < 4.78 is 19.7. The molecule has 0 aliphatic rings. The Balaban J connectivity index is 1.44. The first-order chi connectivity index (χ1) is 17.4. The van der Waals surface area contributed by atoms with Crippen LogP contribution in [0.4, 0.5) is 11.7 Å². The summed E-state index contributed by atoms with van der Waals surface area (Å²) in [6.45, 7) is 3.58. The van der Waals surface area contributed by atoms with Crippen LogP contribution in [-0.2, 0) is 6.61 Å². The fraction of sp³-hybridized carbons (Fsp3) is 0.148. The Labute approximate surface area is 216 Å². The summed E-state index contributed by atoms with van der Waals surface area (Å²) in [7, 11) is 1.63. The van der Waals surface area contributed by atoms with E-state index in [1.165, 1.54) is 0 Å². The number of Topliss-reactive ketones (excluding diaryl/α,β-unsaturated/α-hetero) is 1. The van der Waals surface area contributed by atoms with E-state index in [9.17, 15) is 4.79 Å². The lowest BCUT2D eigenvalue weighted by Crippen LogP contribution is -1.99. The van der Waals surface area contributed by atoms with Gasteiger partial charge in [-0.25, -0.2) is 0 Å². The highest BCUT2D eigenvalue weighted by atomic mass is 79.9. The third-order valence-corrected chi connectivity index (χ3v) is 6.40. The van der Waals surface area contributed by atoms with Crippen molar-refractivity contribution in [2.45, 2.75) is 20.5 Å². The van der Waals surface area contributed by atoms with Gasteiger partial charge in [-0.3, -0.25) is 4.79 Å². The SMILES string of the molecule is COc1ccc(-n2c(C)c(C(C)=O)c3cc(OCc4nnc(Nc5ccccc5)o4)c(Br)cc32)cc1. The number of rotatable bonds is 8. The van der Waals surface area contributed by atoms with E-state index in [4.69, 9.17) is 13.9 Å². The maximum absolute atomic E-state index is 12.6. The number of aromatic nitrogens is 3. The van der Waals surface area contributed by atoms with Gasteiger partial charge in [0, 0.05) is 28.0 Å². The van der Waals surface area contributed by atoms with Crippen LogP contribution < -0.4 is 14.8 Å². The average Bonchev–Trinajstić information content (AvgIpc) is 3.44. The number of anilines is 2. The van der Waals surface area contributed by atoms with Gasteiger partial charge in [-0.15, -0.1) is 5.10 Å². The number of nitrogens with zero attached hydrogens (tertiary/aromatic N) is 3. The Morgan fingerprint density at radius 3 is 2.53 bits per heavy atom. The minimum absolute atomic E-state index is 0.0217. The molecule has 0 atom stereocenters. The van der Waals surface area contributed by atoms with Crippen molar-refractivity contribution in [3.8, 4) is 17.2 Å². The molecule has 0 aliphatic heterocycles. The van der Waals surface area contributed by atoms with Crippen molar-refractivity contribution in [2.24, 2.45) is 0 Å². The van der Waals surface area contributed by atoms with Crippen molar-refractivity contribution in [2.75, 3.05) is 12.4 Å². The predicted molar refractivity (Wildman–Crippen MR) is 141 cm³/mol. The normalized spacial score (nSPS) is 11.0.